The zero-order valence-corrected chi connectivity index (χ0v) is 10.6. The third-order valence-corrected chi connectivity index (χ3v) is 2.81. The molecular weight excluding hydrogens is 238 g/mol. The van der Waals surface area contributed by atoms with Gasteiger partial charge in [-0.2, -0.15) is 5.10 Å². The van der Waals surface area contributed by atoms with E-state index in [-0.39, 0.29) is 6.42 Å². The highest BCUT2D eigenvalue weighted by molar-refractivity contribution is 5.85. The standard InChI is InChI=1S/C11H17N3O4/c1-6-8(7(2)14(3)13-6)4-10(16)12-9(5-15)11(17)18/h9,15H,4-5H2,1-3H3,(H,12,16)(H,17,18)/t9-/m0/s1. The van der Waals surface area contributed by atoms with Gasteiger partial charge in [0.2, 0.25) is 5.91 Å². The van der Waals surface area contributed by atoms with E-state index in [1.807, 2.05) is 6.92 Å². The molecule has 1 aromatic heterocycles. The van der Waals surface area contributed by atoms with Crippen LogP contribution >= 0.6 is 0 Å². The summed E-state index contributed by atoms with van der Waals surface area (Å²) < 4.78 is 1.67. The van der Waals surface area contributed by atoms with Crippen LogP contribution in [0.4, 0.5) is 0 Å². The first-order chi connectivity index (χ1) is 8.36. The molecule has 0 aliphatic heterocycles. The average molecular weight is 255 g/mol. The van der Waals surface area contributed by atoms with Crippen LogP contribution < -0.4 is 5.32 Å². The Hall–Kier alpha value is -1.89. The highest BCUT2D eigenvalue weighted by Crippen LogP contribution is 2.12. The third-order valence-electron chi connectivity index (χ3n) is 2.81. The Morgan fingerprint density at radius 1 is 1.44 bits per heavy atom. The van der Waals surface area contributed by atoms with Crippen molar-refractivity contribution in [1.29, 1.82) is 0 Å². The minimum Gasteiger partial charge on any atom is -0.480 e. The third kappa shape index (κ3) is 3.07. The van der Waals surface area contributed by atoms with Crippen LogP contribution in [0.25, 0.3) is 0 Å². The monoisotopic (exact) mass is 255 g/mol. The topological polar surface area (TPSA) is 104 Å². The number of amides is 1. The Morgan fingerprint density at radius 3 is 2.44 bits per heavy atom. The maximum absolute atomic E-state index is 11.7. The summed E-state index contributed by atoms with van der Waals surface area (Å²) in [4.78, 5) is 22.3. The van der Waals surface area contributed by atoms with Crippen molar-refractivity contribution in [2.24, 2.45) is 7.05 Å². The van der Waals surface area contributed by atoms with Gasteiger partial charge in [0.25, 0.3) is 0 Å². The second kappa shape index (κ2) is 5.63. The SMILES string of the molecule is Cc1nn(C)c(C)c1CC(=O)N[C@@H](CO)C(=O)O. The highest BCUT2D eigenvalue weighted by Gasteiger charge is 2.20. The molecule has 1 atom stereocenters. The molecule has 0 radical (unpaired) electrons. The van der Waals surface area contributed by atoms with Crippen molar-refractivity contribution < 1.29 is 19.8 Å². The summed E-state index contributed by atoms with van der Waals surface area (Å²) in [6.45, 7) is 2.99. The number of hydrogen-bond acceptors (Lipinski definition) is 4. The summed E-state index contributed by atoms with van der Waals surface area (Å²) in [7, 11) is 1.78. The summed E-state index contributed by atoms with van der Waals surface area (Å²) in [5.74, 6) is -1.71. The van der Waals surface area contributed by atoms with Gasteiger partial charge in [0.1, 0.15) is 6.04 Å². The van der Waals surface area contributed by atoms with E-state index in [0.29, 0.717) is 0 Å². The lowest BCUT2D eigenvalue weighted by Gasteiger charge is -2.11. The maximum atomic E-state index is 11.7. The van der Waals surface area contributed by atoms with E-state index in [9.17, 15) is 9.59 Å². The summed E-state index contributed by atoms with van der Waals surface area (Å²) in [6.07, 6.45) is 0.0509. The lowest BCUT2D eigenvalue weighted by atomic mass is 10.1. The Labute approximate surface area is 104 Å². The summed E-state index contributed by atoms with van der Waals surface area (Å²) >= 11 is 0. The number of carboxylic acid groups (broad SMARTS) is 1. The molecule has 18 heavy (non-hydrogen) atoms. The molecule has 1 heterocycles. The van der Waals surface area contributed by atoms with Gasteiger partial charge in [0, 0.05) is 18.3 Å². The molecule has 1 amide bonds. The number of aryl methyl sites for hydroxylation is 2. The van der Waals surface area contributed by atoms with Gasteiger partial charge in [-0.1, -0.05) is 0 Å². The first-order valence-electron chi connectivity index (χ1n) is 5.49. The molecular formula is C11H17N3O4. The van der Waals surface area contributed by atoms with Gasteiger partial charge in [-0.3, -0.25) is 9.48 Å². The van der Waals surface area contributed by atoms with Crippen LogP contribution in [0.2, 0.25) is 0 Å². The Morgan fingerprint density at radius 2 is 2.06 bits per heavy atom. The van der Waals surface area contributed by atoms with E-state index in [2.05, 4.69) is 10.4 Å². The van der Waals surface area contributed by atoms with Gasteiger partial charge >= 0.3 is 5.97 Å². The van der Waals surface area contributed by atoms with Crippen molar-refractivity contribution in [3.05, 3.63) is 17.0 Å². The van der Waals surface area contributed by atoms with Gasteiger partial charge in [0.05, 0.1) is 18.7 Å². The molecule has 1 aromatic rings. The van der Waals surface area contributed by atoms with Gasteiger partial charge in [-0.05, 0) is 13.8 Å². The number of aromatic nitrogens is 2. The van der Waals surface area contributed by atoms with Crippen LogP contribution in [0.3, 0.4) is 0 Å². The van der Waals surface area contributed by atoms with Crippen molar-refractivity contribution in [3.63, 3.8) is 0 Å². The minimum absolute atomic E-state index is 0.0509. The number of rotatable bonds is 5. The largest absolute Gasteiger partial charge is 0.480 e. The van der Waals surface area contributed by atoms with Crippen LogP contribution in [-0.4, -0.2) is 44.5 Å². The number of nitrogens with zero attached hydrogens (tertiary/aromatic N) is 2. The molecule has 0 aliphatic carbocycles. The lowest BCUT2D eigenvalue weighted by molar-refractivity contribution is -0.142. The first-order valence-corrected chi connectivity index (χ1v) is 5.49. The number of carbonyl (C=O) groups excluding carboxylic acids is 1. The summed E-state index contributed by atoms with van der Waals surface area (Å²) in [5, 5.41) is 23.9. The molecule has 0 bridgehead atoms. The van der Waals surface area contributed by atoms with Crippen molar-refractivity contribution in [1.82, 2.24) is 15.1 Å². The normalized spacial score (nSPS) is 12.2. The Balaban J connectivity index is 2.73. The number of carboxylic acids is 1. The molecule has 0 saturated carbocycles. The second-order valence-electron chi connectivity index (χ2n) is 4.09. The smallest absolute Gasteiger partial charge is 0.328 e. The number of carbonyl (C=O) groups is 2. The number of hydrogen-bond donors (Lipinski definition) is 3. The Bertz CT molecular complexity index is 467. The van der Waals surface area contributed by atoms with Crippen molar-refractivity contribution >= 4 is 11.9 Å². The fourth-order valence-electron chi connectivity index (χ4n) is 1.66. The molecule has 0 fully saturated rings. The molecule has 100 valence electrons. The molecule has 7 heteroatoms. The maximum Gasteiger partial charge on any atom is 0.328 e. The molecule has 3 N–H and O–H groups in total. The van der Waals surface area contributed by atoms with E-state index < -0.39 is 24.5 Å². The van der Waals surface area contributed by atoms with E-state index >= 15 is 0 Å². The number of aliphatic hydroxyl groups is 1. The van der Waals surface area contributed by atoms with Gasteiger partial charge < -0.3 is 15.5 Å². The zero-order valence-electron chi connectivity index (χ0n) is 10.6. The van der Waals surface area contributed by atoms with E-state index in [1.54, 1.807) is 18.7 Å². The lowest BCUT2D eigenvalue weighted by Crippen LogP contribution is -2.44. The molecule has 0 aliphatic rings. The summed E-state index contributed by atoms with van der Waals surface area (Å²) in [6, 6.07) is -1.27. The van der Waals surface area contributed by atoms with Crippen LogP contribution in [0.15, 0.2) is 0 Å². The molecule has 7 nitrogen and oxygen atoms in total. The fraction of sp³-hybridized carbons (Fsp3) is 0.545. The second-order valence-corrected chi connectivity index (χ2v) is 4.09. The minimum atomic E-state index is -1.27. The van der Waals surface area contributed by atoms with Gasteiger partial charge in [0.15, 0.2) is 0 Å². The summed E-state index contributed by atoms with van der Waals surface area (Å²) in [5.41, 5.74) is 2.37. The number of aliphatic hydroxyl groups excluding tert-OH is 1. The van der Waals surface area contributed by atoms with Crippen LogP contribution in [0, 0.1) is 13.8 Å². The molecule has 0 spiro atoms. The van der Waals surface area contributed by atoms with E-state index in [1.165, 1.54) is 0 Å². The molecule has 0 unspecified atom stereocenters. The predicted molar refractivity (Wildman–Crippen MR) is 63.0 cm³/mol. The highest BCUT2D eigenvalue weighted by atomic mass is 16.4. The van der Waals surface area contributed by atoms with E-state index in [4.69, 9.17) is 10.2 Å². The van der Waals surface area contributed by atoms with Crippen LogP contribution in [-0.2, 0) is 23.1 Å². The Kier molecular flexibility index (Phi) is 4.43. The van der Waals surface area contributed by atoms with Crippen molar-refractivity contribution in [2.45, 2.75) is 26.3 Å². The van der Waals surface area contributed by atoms with Crippen LogP contribution in [0.1, 0.15) is 17.0 Å². The average Bonchev–Trinajstić information content (AvgIpc) is 2.52. The van der Waals surface area contributed by atoms with Gasteiger partial charge in [-0.25, -0.2) is 4.79 Å². The van der Waals surface area contributed by atoms with Crippen LogP contribution in [0.5, 0.6) is 0 Å². The zero-order chi connectivity index (χ0) is 13.9. The molecule has 0 aromatic carbocycles. The fourth-order valence-corrected chi connectivity index (χ4v) is 1.66. The van der Waals surface area contributed by atoms with Crippen molar-refractivity contribution in [3.8, 4) is 0 Å². The number of aliphatic carboxylic acids is 1. The predicted octanol–water partition coefficient (Wildman–Crippen LogP) is -0.859. The molecule has 0 saturated heterocycles. The first kappa shape index (κ1) is 14.2. The quantitative estimate of drug-likeness (QED) is 0.635. The van der Waals surface area contributed by atoms with Crippen molar-refractivity contribution in [2.75, 3.05) is 6.61 Å². The number of nitrogens with one attached hydrogen (secondary N) is 1. The molecule has 1 rings (SSSR count). The van der Waals surface area contributed by atoms with Gasteiger partial charge in [-0.15, -0.1) is 0 Å². The van der Waals surface area contributed by atoms with E-state index in [0.717, 1.165) is 17.0 Å².